The van der Waals surface area contributed by atoms with Crippen molar-refractivity contribution in [3.05, 3.63) is 120 Å². The van der Waals surface area contributed by atoms with Gasteiger partial charge < -0.3 is 41.3 Å². The number of benzene rings is 2. The number of anilines is 2. The molecular formula is C54H76N8O12. The molecule has 2 aromatic heterocycles. The van der Waals surface area contributed by atoms with Crippen LogP contribution in [0.25, 0.3) is 22.5 Å². The Morgan fingerprint density at radius 1 is 0.446 bits per heavy atom. The van der Waals surface area contributed by atoms with Gasteiger partial charge in [-0.1, -0.05) is 115 Å². The zero-order valence-corrected chi connectivity index (χ0v) is 44.3. The molecular weight excluding hydrogens is 953 g/mol. The van der Waals surface area contributed by atoms with Gasteiger partial charge in [-0.2, -0.15) is 0 Å². The molecule has 0 spiro atoms. The van der Waals surface area contributed by atoms with Gasteiger partial charge in [0.05, 0.1) is 11.4 Å². The van der Waals surface area contributed by atoms with Crippen LogP contribution in [0.5, 0.6) is 0 Å². The average Bonchev–Trinajstić information content (AvgIpc) is 3.35. The van der Waals surface area contributed by atoms with Crippen molar-refractivity contribution < 1.29 is 59.4 Å². The van der Waals surface area contributed by atoms with Gasteiger partial charge in [-0.15, -0.1) is 20.4 Å². The highest BCUT2D eigenvalue weighted by Crippen LogP contribution is 2.26. The fourth-order valence-corrected chi connectivity index (χ4v) is 7.06. The Labute approximate surface area is 434 Å². The van der Waals surface area contributed by atoms with Crippen molar-refractivity contribution in [1.29, 1.82) is 0 Å². The minimum absolute atomic E-state index is 0.0776. The number of carbonyl (C=O) groups is 6. The molecule has 0 aliphatic carbocycles. The molecule has 0 atom stereocenters. The summed E-state index contributed by atoms with van der Waals surface area (Å²) in [5, 5.41) is 71.8. The molecule has 0 bridgehead atoms. The Bertz CT molecular complexity index is 2170. The van der Waals surface area contributed by atoms with E-state index < -0.39 is 35.8 Å². The lowest BCUT2D eigenvalue weighted by Gasteiger charge is -2.37. The first kappa shape index (κ1) is 66.2. The Kier molecular flexibility index (Phi) is 32.3. The predicted molar refractivity (Wildman–Crippen MR) is 287 cm³/mol. The number of aromatic nitrogens is 4. The van der Waals surface area contributed by atoms with E-state index in [0.29, 0.717) is 36.5 Å². The van der Waals surface area contributed by atoms with Crippen LogP contribution in [0.15, 0.2) is 109 Å². The molecule has 0 fully saturated rings. The van der Waals surface area contributed by atoms with E-state index in [1.54, 1.807) is 0 Å². The van der Waals surface area contributed by atoms with Gasteiger partial charge in [0, 0.05) is 71.8 Å². The van der Waals surface area contributed by atoms with E-state index in [9.17, 15) is 28.8 Å². The number of likely N-dealkylation sites (N-methyl/N-ethyl adjacent to an activating group) is 2. The van der Waals surface area contributed by atoms with E-state index in [2.05, 4.69) is 146 Å². The maximum atomic E-state index is 9.55. The summed E-state index contributed by atoms with van der Waals surface area (Å²) in [5.74, 6) is -5.81. The largest absolute Gasteiger partial charge is 0.478 e. The monoisotopic (exact) mass is 1030 g/mol. The van der Waals surface area contributed by atoms with Crippen LogP contribution in [0.4, 0.5) is 11.6 Å². The summed E-state index contributed by atoms with van der Waals surface area (Å²) in [6.45, 7) is 28.2. The second-order valence-electron chi connectivity index (χ2n) is 17.1. The summed E-state index contributed by atoms with van der Waals surface area (Å²) < 4.78 is 0. The summed E-state index contributed by atoms with van der Waals surface area (Å²) in [6.07, 6.45) is 7.55. The zero-order valence-electron chi connectivity index (χ0n) is 44.3. The van der Waals surface area contributed by atoms with Gasteiger partial charge in [-0.3, -0.25) is 9.80 Å². The van der Waals surface area contributed by atoms with Gasteiger partial charge in [-0.05, 0) is 90.0 Å². The van der Waals surface area contributed by atoms with Crippen molar-refractivity contribution >= 4 is 47.5 Å². The van der Waals surface area contributed by atoms with Crippen LogP contribution in [-0.2, 0) is 41.6 Å². The van der Waals surface area contributed by atoms with Crippen LogP contribution in [-0.4, -0.2) is 147 Å². The van der Waals surface area contributed by atoms with E-state index in [1.165, 1.54) is 11.1 Å². The lowest BCUT2D eigenvalue weighted by molar-refractivity contribution is -0.134. The maximum absolute atomic E-state index is 9.55. The molecule has 2 aromatic carbocycles. The second-order valence-corrected chi connectivity index (χ2v) is 17.1. The maximum Gasteiger partial charge on any atom is 0.328 e. The van der Waals surface area contributed by atoms with Crippen molar-refractivity contribution in [2.24, 2.45) is 0 Å². The first-order valence-corrected chi connectivity index (χ1v) is 24.1. The molecule has 0 aliphatic heterocycles. The molecule has 0 saturated carbocycles. The Hall–Kier alpha value is -7.84. The number of carboxylic acids is 6. The second kappa shape index (κ2) is 36.1. The average molecular weight is 1030 g/mol. The van der Waals surface area contributed by atoms with E-state index >= 15 is 0 Å². The van der Waals surface area contributed by atoms with Gasteiger partial charge in [0.25, 0.3) is 0 Å². The highest BCUT2D eigenvalue weighted by molar-refractivity contribution is 5.90. The first-order chi connectivity index (χ1) is 34.9. The molecule has 0 radical (unpaired) electrons. The van der Waals surface area contributed by atoms with Crippen molar-refractivity contribution in [2.45, 2.75) is 106 Å². The van der Waals surface area contributed by atoms with Gasteiger partial charge >= 0.3 is 35.8 Å². The lowest BCUT2D eigenvalue weighted by atomic mass is 10.0. The number of nitrogens with zero attached hydrogens (tertiary/aromatic N) is 6. The molecule has 20 heteroatoms. The smallest absolute Gasteiger partial charge is 0.328 e. The molecule has 4 rings (SSSR count). The van der Waals surface area contributed by atoms with Crippen molar-refractivity contribution in [3.63, 3.8) is 0 Å². The highest BCUT2D eigenvalue weighted by Gasteiger charge is 2.25. The minimum atomic E-state index is -1.26. The Morgan fingerprint density at radius 3 is 0.919 bits per heavy atom. The molecule has 0 aliphatic rings. The van der Waals surface area contributed by atoms with Crippen molar-refractivity contribution in [2.75, 3.05) is 49.9 Å². The van der Waals surface area contributed by atoms with Crippen molar-refractivity contribution in [1.82, 2.24) is 30.2 Å². The Balaban J connectivity index is 0.00000101. The fourth-order valence-electron chi connectivity index (χ4n) is 7.06. The molecule has 404 valence electrons. The lowest BCUT2D eigenvalue weighted by Crippen LogP contribution is -2.48. The summed E-state index contributed by atoms with van der Waals surface area (Å²) in [6, 6.07) is 25.0. The SMILES string of the molecule is CCCc1cc(NCC(C)(C)N(CC)CC)nnc1-c1ccccc1.CCCc1cc(NCC(C)(C)N(CC)CC)nnc1-c1ccccc1.O=C(O)C=CC(=O)O.O=C(O)C=CC(=O)O.O=C(O)C=CC(=O)O. The molecule has 74 heavy (non-hydrogen) atoms. The predicted octanol–water partition coefficient (Wildman–Crippen LogP) is 8.39. The number of aliphatic carboxylic acids is 6. The summed E-state index contributed by atoms with van der Waals surface area (Å²) >= 11 is 0. The fraction of sp³-hybridized carbons (Fsp3) is 0.407. The number of carboxylic acid groups (broad SMARTS) is 6. The number of rotatable bonds is 24. The third-order valence-electron chi connectivity index (χ3n) is 10.6. The van der Waals surface area contributed by atoms with Gasteiger partial charge in [-0.25, -0.2) is 28.8 Å². The summed E-state index contributed by atoms with van der Waals surface area (Å²) in [7, 11) is 0. The van der Waals surface area contributed by atoms with E-state index in [1.807, 2.05) is 36.4 Å². The van der Waals surface area contributed by atoms with Crippen LogP contribution in [0.2, 0.25) is 0 Å². The molecule has 8 N–H and O–H groups in total. The van der Waals surface area contributed by atoms with Gasteiger partial charge in [0.2, 0.25) is 0 Å². The van der Waals surface area contributed by atoms with E-state index in [0.717, 1.165) is 99.1 Å². The summed E-state index contributed by atoms with van der Waals surface area (Å²) in [4.78, 5) is 62.2. The zero-order chi connectivity index (χ0) is 56.3. The van der Waals surface area contributed by atoms with Gasteiger partial charge in [0.15, 0.2) is 0 Å². The molecule has 0 amide bonds. The molecule has 0 unspecified atom stereocenters. The third-order valence-corrected chi connectivity index (χ3v) is 10.6. The van der Waals surface area contributed by atoms with Crippen LogP contribution in [0.3, 0.4) is 0 Å². The third kappa shape index (κ3) is 28.3. The molecule has 0 saturated heterocycles. The normalized spacial score (nSPS) is 11.0. The number of hydrogen-bond acceptors (Lipinski definition) is 14. The molecule has 4 aromatic rings. The minimum Gasteiger partial charge on any atom is -0.478 e. The standard InChI is InChI=1S/2C21H32N4.3C4H4O4/c2*1-6-12-18-15-19(22-16-21(4,5)25(7-2)8-3)23-24-20(18)17-13-10-9-11-14-17;3*5-3(6)1-2-4(7)8/h2*9-11,13-15H,6-8,12,16H2,1-5H3,(H,22,23);3*1-2H,(H,5,6)(H,7,8). The van der Waals surface area contributed by atoms with Crippen LogP contribution < -0.4 is 10.6 Å². The Morgan fingerprint density at radius 2 is 0.703 bits per heavy atom. The van der Waals surface area contributed by atoms with Crippen molar-refractivity contribution in [3.8, 4) is 22.5 Å². The van der Waals surface area contributed by atoms with E-state index in [-0.39, 0.29) is 11.1 Å². The van der Waals surface area contributed by atoms with E-state index in [4.69, 9.17) is 30.6 Å². The quantitative estimate of drug-likeness (QED) is 0.0305. The van der Waals surface area contributed by atoms with Gasteiger partial charge in [0.1, 0.15) is 11.6 Å². The van der Waals surface area contributed by atoms with Crippen LogP contribution >= 0.6 is 0 Å². The summed E-state index contributed by atoms with van der Waals surface area (Å²) in [5.41, 5.74) is 6.93. The number of nitrogens with one attached hydrogen (secondary N) is 2. The molecule has 20 nitrogen and oxygen atoms in total. The first-order valence-electron chi connectivity index (χ1n) is 24.1. The number of hydrogen-bond donors (Lipinski definition) is 8. The molecule has 2 heterocycles. The number of aryl methyl sites for hydroxylation is 2. The highest BCUT2D eigenvalue weighted by atomic mass is 16.4. The van der Waals surface area contributed by atoms with Crippen LogP contribution in [0, 0.1) is 0 Å². The van der Waals surface area contributed by atoms with Crippen LogP contribution in [0.1, 0.15) is 93.2 Å². The topological polar surface area (TPSA) is 306 Å².